The third-order valence-corrected chi connectivity index (χ3v) is 3.68. The van der Waals surface area contributed by atoms with E-state index in [2.05, 4.69) is 0 Å². The lowest BCUT2D eigenvalue weighted by molar-refractivity contribution is 0.114. The smallest absolute Gasteiger partial charge is 0.200 e. The van der Waals surface area contributed by atoms with Gasteiger partial charge in [-0.15, -0.1) is 0 Å². The molecule has 2 aliphatic carbocycles. The van der Waals surface area contributed by atoms with Crippen molar-refractivity contribution >= 4 is 0 Å². The second kappa shape index (κ2) is 4.28. The van der Waals surface area contributed by atoms with Gasteiger partial charge in [-0.1, -0.05) is 6.07 Å². The average Bonchev–Trinajstić information content (AvgIpc) is 3.05. The van der Waals surface area contributed by atoms with Crippen molar-refractivity contribution in [1.29, 1.82) is 0 Å². The fourth-order valence-electron chi connectivity index (χ4n) is 2.12. The molecule has 3 rings (SSSR count). The summed E-state index contributed by atoms with van der Waals surface area (Å²) < 4.78 is 32.9. The molecule has 92 valence electrons. The zero-order valence-electron chi connectivity index (χ0n) is 9.72. The maximum absolute atomic E-state index is 13.8. The van der Waals surface area contributed by atoms with Gasteiger partial charge in [0.25, 0.3) is 0 Å². The Hall–Kier alpha value is -1.12. The van der Waals surface area contributed by atoms with Gasteiger partial charge in [0.05, 0.1) is 6.10 Å². The lowest BCUT2D eigenvalue weighted by Crippen LogP contribution is -2.25. The fourth-order valence-corrected chi connectivity index (χ4v) is 2.12. The Morgan fingerprint density at radius 1 is 1.06 bits per heavy atom. The average molecular weight is 238 g/mol. The number of benzene rings is 1. The van der Waals surface area contributed by atoms with Crippen LogP contribution in [-0.2, 0) is 6.42 Å². The number of rotatable bonds is 4. The normalized spacial score (nSPS) is 20.1. The highest BCUT2D eigenvalue weighted by Gasteiger charge is 2.26. The van der Waals surface area contributed by atoms with E-state index in [1.165, 1.54) is 0 Å². The Morgan fingerprint density at radius 3 is 2.41 bits per heavy atom. The Balaban J connectivity index is 1.77. The van der Waals surface area contributed by atoms with Crippen LogP contribution in [0.5, 0.6) is 5.75 Å². The molecule has 1 aromatic rings. The summed E-state index contributed by atoms with van der Waals surface area (Å²) in [5, 5.41) is 0. The predicted molar refractivity (Wildman–Crippen MR) is 61.1 cm³/mol. The zero-order valence-corrected chi connectivity index (χ0v) is 9.72. The molecule has 0 amide bonds. The molecule has 0 N–H and O–H groups in total. The summed E-state index contributed by atoms with van der Waals surface area (Å²) >= 11 is 0. The van der Waals surface area contributed by atoms with E-state index in [-0.39, 0.29) is 11.9 Å². The summed E-state index contributed by atoms with van der Waals surface area (Å²) in [6.07, 6.45) is 6.04. The predicted octanol–water partition coefficient (Wildman–Crippen LogP) is 3.85. The van der Waals surface area contributed by atoms with Crippen molar-refractivity contribution in [2.45, 2.75) is 44.6 Å². The van der Waals surface area contributed by atoms with Crippen molar-refractivity contribution in [3.05, 3.63) is 29.3 Å². The Bertz CT molecular complexity index is 422. The molecule has 0 atom stereocenters. The fraction of sp³-hybridized carbons (Fsp3) is 0.571. The standard InChI is InChI=1S/C14H16F2O/c15-13-10(8-9-4-5-9)6-7-12(14(13)16)17-11-2-1-3-11/h6-7,9,11H,1-5,8H2. The highest BCUT2D eigenvalue weighted by Crippen LogP contribution is 2.35. The quantitative estimate of drug-likeness (QED) is 0.774. The molecule has 0 aromatic heterocycles. The molecule has 0 unspecified atom stereocenters. The van der Waals surface area contributed by atoms with Crippen LogP contribution < -0.4 is 4.74 Å². The molecule has 1 nitrogen and oxygen atoms in total. The zero-order chi connectivity index (χ0) is 11.8. The molecule has 0 bridgehead atoms. The van der Waals surface area contributed by atoms with Crippen LogP contribution in [0.15, 0.2) is 12.1 Å². The van der Waals surface area contributed by atoms with Gasteiger partial charge in [0.1, 0.15) is 0 Å². The van der Waals surface area contributed by atoms with Gasteiger partial charge in [0.15, 0.2) is 11.6 Å². The first-order valence-electron chi connectivity index (χ1n) is 6.37. The maximum atomic E-state index is 13.8. The van der Waals surface area contributed by atoms with Gasteiger partial charge in [0, 0.05) is 0 Å². The van der Waals surface area contributed by atoms with Crippen LogP contribution in [0.3, 0.4) is 0 Å². The first-order chi connectivity index (χ1) is 8.24. The number of hydrogen-bond donors (Lipinski definition) is 0. The summed E-state index contributed by atoms with van der Waals surface area (Å²) in [4.78, 5) is 0. The SMILES string of the molecule is Fc1c(CC2CC2)ccc(OC2CCC2)c1F. The van der Waals surface area contributed by atoms with E-state index in [1.807, 2.05) is 0 Å². The summed E-state index contributed by atoms with van der Waals surface area (Å²) in [6.45, 7) is 0. The van der Waals surface area contributed by atoms with Crippen molar-refractivity contribution in [3.63, 3.8) is 0 Å². The van der Waals surface area contributed by atoms with E-state index in [1.54, 1.807) is 12.1 Å². The molecule has 2 aliphatic rings. The van der Waals surface area contributed by atoms with Gasteiger partial charge in [-0.2, -0.15) is 4.39 Å². The summed E-state index contributed by atoms with van der Waals surface area (Å²) in [7, 11) is 0. The summed E-state index contributed by atoms with van der Waals surface area (Å²) in [5.74, 6) is -0.891. The van der Waals surface area contributed by atoms with Gasteiger partial charge >= 0.3 is 0 Å². The van der Waals surface area contributed by atoms with E-state index in [9.17, 15) is 8.78 Å². The molecule has 2 fully saturated rings. The number of halogens is 2. The van der Waals surface area contributed by atoms with Crippen LogP contribution in [0.1, 0.15) is 37.7 Å². The van der Waals surface area contributed by atoms with E-state index >= 15 is 0 Å². The van der Waals surface area contributed by atoms with Gasteiger partial charge in [-0.25, -0.2) is 4.39 Å². The van der Waals surface area contributed by atoms with Crippen molar-refractivity contribution < 1.29 is 13.5 Å². The Morgan fingerprint density at radius 2 is 1.82 bits per heavy atom. The topological polar surface area (TPSA) is 9.23 Å². The van der Waals surface area contributed by atoms with Gasteiger partial charge in [-0.05, 0) is 56.1 Å². The second-order valence-electron chi connectivity index (χ2n) is 5.17. The van der Waals surface area contributed by atoms with E-state index in [0.29, 0.717) is 17.9 Å². The molecule has 0 saturated heterocycles. The largest absolute Gasteiger partial charge is 0.487 e. The Kier molecular flexibility index (Phi) is 2.77. The van der Waals surface area contributed by atoms with Crippen LogP contribution in [0.25, 0.3) is 0 Å². The minimum absolute atomic E-state index is 0.0757. The van der Waals surface area contributed by atoms with Crippen molar-refractivity contribution in [1.82, 2.24) is 0 Å². The van der Waals surface area contributed by atoms with Crippen LogP contribution in [0, 0.1) is 17.6 Å². The highest BCUT2D eigenvalue weighted by atomic mass is 19.2. The van der Waals surface area contributed by atoms with Crippen LogP contribution in [0.2, 0.25) is 0 Å². The van der Waals surface area contributed by atoms with Crippen LogP contribution in [0.4, 0.5) is 8.78 Å². The lowest BCUT2D eigenvalue weighted by atomic mass is 9.96. The third-order valence-electron chi connectivity index (χ3n) is 3.68. The molecule has 2 saturated carbocycles. The monoisotopic (exact) mass is 238 g/mol. The molecular formula is C14H16F2O. The number of hydrogen-bond acceptors (Lipinski definition) is 1. The number of ether oxygens (including phenoxy) is 1. The summed E-state index contributed by atoms with van der Waals surface area (Å²) in [5.41, 5.74) is 0.492. The van der Waals surface area contributed by atoms with Crippen molar-refractivity contribution in [2.24, 2.45) is 5.92 Å². The molecule has 0 radical (unpaired) electrons. The first kappa shape index (κ1) is 11.0. The van der Waals surface area contributed by atoms with Gasteiger partial charge in [0.2, 0.25) is 5.82 Å². The highest BCUT2D eigenvalue weighted by molar-refractivity contribution is 5.32. The third kappa shape index (κ3) is 2.28. The van der Waals surface area contributed by atoms with Gasteiger partial charge in [-0.3, -0.25) is 0 Å². The minimum Gasteiger partial charge on any atom is -0.487 e. The molecule has 0 aliphatic heterocycles. The Labute approximate surface area is 99.8 Å². The molecule has 17 heavy (non-hydrogen) atoms. The van der Waals surface area contributed by atoms with Crippen molar-refractivity contribution in [3.8, 4) is 5.75 Å². The maximum Gasteiger partial charge on any atom is 0.200 e. The van der Waals surface area contributed by atoms with Crippen LogP contribution >= 0.6 is 0 Å². The molecule has 0 spiro atoms. The molecule has 3 heteroatoms. The molecular weight excluding hydrogens is 222 g/mol. The minimum atomic E-state index is -0.810. The van der Waals surface area contributed by atoms with Gasteiger partial charge < -0.3 is 4.74 Å². The van der Waals surface area contributed by atoms with E-state index < -0.39 is 11.6 Å². The van der Waals surface area contributed by atoms with E-state index in [0.717, 1.165) is 32.1 Å². The van der Waals surface area contributed by atoms with Crippen LogP contribution in [-0.4, -0.2) is 6.10 Å². The van der Waals surface area contributed by atoms with E-state index in [4.69, 9.17) is 4.74 Å². The van der Waals surface area contributed by atoms with Crippen molar-refractivity contribution in [2.75, 3.05) is 0 Å². The first-order valence-corrected chi connectivity index (χ1v) is 6.37. The summed E-state index contributed by atoms with van der Waals surface area (Å²) in [6, 6.07) is 3.25. The lowest BCUT2D eigenvalue weighted by Gasteiger charge is -2.26. The molecule has 1 aromatic carbocycles. The second-order valence-corrected chi connectivity index (χ2v) is 5.17. The molecule has 0 heterocycles.